The summed E-state index contributed by atoms with van der Waals surface area (Å²) in [5.74, 6) is -0.196. The molecule has 0 saturated carbocycles. The molecule has 0 spiro atoms. The number of anilines is 1. The van der Waals surface area contributed by atoms with Crippen molar-refractivity contribution < 1.29 is 8.42 Å². The van der Waals surface area contributed by atoms with Crippen molar-refractivity contribution in [2.45, 2.75) is 10.6 Å². The Kier molecular flexibility index (Phi) is 3.32. The van der Waals surface area contributed by atoms with E-state index >= 15 is 0 Å². The molecule has 0 aliphatic rings. The quantitative estimate of drug-likeness (QED) is 0.870. The number of halogens is 1. The maximum atomic E-state index is 12.2. The standard InChI is InChI=1S/C11H12ClN3O2S/c1-15-5-4-9(14-15)7-18(16,17)11-6-8(12)2-3-10(11)13/h2-6H,7,13H2,1H3. The molecule has 2 rings (SSSR count). The zero-order chi connectivity index (χ0) is 13.3. The number of sulfone groups is 1. The van der Waals surface area contributed by atoms with E-state index in [1.54, 1.807) is 30.1 Å². The number of rotatable bonds is 3. The SMILES string of the molecule is Cn1ccc(CS(=O)(=O)c2cc(Cl)ccc2N)n1. The van der Waals surface area contributed by atoms with E-state index < -0.39 is 9.84 Å². The number of aromatic nitrogens is 2. The van der Waals surface area contributed by atoms with E-state index in [0.29, 0.717) is 10.7 Å². The van der Waals surface area contributed by atoms with Crippen LogP contribution in [0.2, 0.25) is 5.02 Å². The van der Waals surface area contributed by atoms with Gasteiger partial charge in [0.1, 0.15) is 0 Å². The largest absolute Gasteiger partial charge is 0.398 e. The van der Waals surface area contributed by atoms with Crippen molar-refractivity contribution in [3.63, 3.8) is 0 Å². The highest BCUT2D eigenvalue weighted by Gasteiger charge is 2.20. The molecule has 5 nitrogen and oxygen atoms in total. The van der Waals surface area contributed by atoms with Gasteiger partial charge in [0.15, 0.2) is 9.84 Å². The minimum absolute atomic E-state index is 0.0423. The predicted octanol–water partition coefficient (Wildman–Crippen LogP) is 1.63. The number of nitrogens with zero attached hydrogens (tertiary/aromatic N) is 2. The number of hydrogen-bond acceptors (Lipinski definition) is 4. The highest BCUT2D eigenvalue weighted by molar-refractivity contribution is 7.90. The van der Waals surface area contributed by atoms with Crippen LogP contribution in [0.4, 0.5) is 5.69 Å². The predicted molar refractivity (Wildman–Crippen MR) is 70.0 cm³/mol. The molecule has 1 heterocycles. The van der Waals surface area contributed by atoms with Crippen molar-refractivity contribution in [3.05, 3.63) is 41.2 Å². The van der Waals surface area contributed by atoms with E-state index in [-0.39, 0.29) is 16.3 Å². The summed E-state index contributed by atoms with van der Waals surface area (Å²) in [5.41, 5.74) is 6.33. The van der Waals surface area contributed by atoms with E-state index in [4.69, 9.17) is 17.3 Å². The monoisotopic (exact) mass is 285 g/mol. The molecule has 7 heteroatoms. The molecule has 2 aromatic rings. The van der Waals surface area contributed by atoms with Crippen LogP contribution in [0.15, 0.2) is 35.4 Å². The second-order valence-electron chi connectivity index (χ2n) is 3.92. The first-order chi connectivity index (χ1) is 8.38. The number of benzene rings is 1. The summed E-state index contributed by atoms with van der Waals surface area (Å²) in [4.78, 5) is 0.0423. The van der Waals surface area contributed by atoms with Crippen LogP contribution in [0.3, 0.4) is 0 Å². The average molecular weight is 286 g/mol. The van der Waals surface area contributed by atoms with Gasteiger partial charge in [-0.1, -0.05) is 11.6 Å². The van der Waals surface area contributed by atoms with Gasteiger partial charge < -0.3 is 5.73 Å². The summed E-state index contributed by atoms with van der Waals surface area (Å²) < 4.78 is 25.9. The minimum atomic E-state index is -3.54. The second-order valence-corrected chi connectivity index (χ2v) is 6.32. The number of nitrogens with two attached hydrogens (primary N) is 1. The molecular weight excluding hydrogens is 274 g/mol. The molecule has 0 unspecified atom stereocenters. The van der Waals surface area contributed by atoms with E-state index in [1.165, 1.54) is 12.1 Å². The van der Waals surface area contributed by atoms with Gasteiger partial charge in [0.05, 0.1) is 22.0 Å². The summed E-state index contributed by atoms with van der Waals surface area (Å²) in [6, 6.07) is 6.04. The fourth-order valence-corrected chi connectivity index (χ4v) is 3.26. The zero-order valence-corrected chi connectivity index (χ0v) is 11.2. The topological polar surface area (TPSA) is 78.0 Å². The molecule has 0 aliphatic carbocycles. The summed E-state index contributed by atoms with van der Waals surface area (Å²) in [6.07, 6.45) is 1.69. The summed E-state index contributed by atoms with van der Waals surface area (Å²) in [5, 5.41) is 4.37. The lowest BCUT2D eigenvalue weighted by Gasteiger charge is -2.06. The number of hydrogen-bond donors (Lipinski definition) is 1. The van der Waals surface area contributed by atoms with Crippen LogP contribution in [-0.4, -0.2) is 18.2 Å². The first-order valence-electron chi connectivity index (χ1n) is 5.15. The van der Waals surface area contributed by atoms with Crippen LogP contribution in [0.25, 0.3) is 0 Å². The highest BCUT2D eigenvalue weighted by atomic mass is 35.5. The molecule has 18 heavy (non-hydrogen) atoms. The lowest BCUT2D eigenvalue weighted by Crippen LogP contribution is -2.08. The van der Waals surface area contributed by atoms with Crippen LogP contribution < -0.4 is 5.73 Å². The van der Waals surface area contributed by atoms with Gasteiger partial charge in [0.2, 0.25) is 0 Å². The molecule has 0 atom stereocenters. The Morgan fingerprint density at radius 3 is 2.72 bits per heavy atom. The Morgan fingerprint density at radius 2 is 2.11 bits per heavy atom. The van der Waals surface area contributed by atoms with Crippen LogP contribution in [0.5, 0.6) is 0 Å². The molecule has 0 saturated heterocycles. The Labute approximate surface area is 110 Å². The Balaban J connectivity index is 2.39. The maximum absolute atomic E-state index is 12.2. The van der Waals surface area contributed by atoms with Crippen molar-refractivity contribution in [2.75, 3.05) is 5.73 Å². The van der Waals surface area contributed by atoms with Gasteiger partial charge in [-0.3, -0.25) is 4.68 Å². The summed E-state index contributed by atoms with van der Waals surface area (Å²) in [7, 11) is -1.81. The minimum Gasteiger partial charge on any atom is -0.398 e. The second kappa shape index (κ2) is 4.62. The first-order valence-corrected chi connectivity index (χ1v) is 7.18. The third kappa shape index (κ3) is 2.65. The van der Waals surface area contributed by atoms with Crippen molar-refractivity contribution in [1.82, 2.24) is 9.78 Å². The Morgan fingerprint density at radius 1 is 1.39 bits per heavy atom. The van der Waals surface area contributed by atoms with Crippen LogP contribution in [0.1, 0.15) is 5.69 Å². The average Bonchev–Trinajstić information content (AvgIpc) is 2.66. The molecule has 2 N–H and O–H groups in total. The Hall–Kier alpha value is -1.53. The van der Waals surface area contributed by atoms with Gasteiger partial charge in [-0.05, 0) is 24.3 Å². The third-order valence-electron chi connectivity index (χ3n) is 2.42. The van der Waals surface area contributed by atoms with Crippen molar-refractivity contribution in [1.29, 1.82) is 0 Å². The van der Waals surface area contributed by atoms with Crippen molar-refractivity contribution >= 4 is 27.1 Å². The summed E-state index contributed by atoms with van der Waals surface area (Å²) in [6.45, 7) is 0. The molecule has 0 radical (unpaired) electrons. The molecule has 0 bridgehead atoms. The normalized spacial score (nSPS) is 11.7. The van der Waals surface area contributed by atoms with Gasteiger partial charge in [0.25, 0.3) is 0 Å². The smallest absolute Gasteiger partial charge is 0.186 e. The van der Waals surface area contributed by atoms with Gasteiger partial charge in [0, 0.05) is 18.3 Å². The number of aryl methyl sites for hydroxylation is 1. The lowest BCUT2D eigenvalue weighted by molar-refractivity contribution is 0.594. The molecule has 0 amide bonds. The van der Waals surface area contributed by atoms with Gasteiger partial charge in [-0.15, -0.1) is 0 Å². The lowest BCUT2D eigenvalue weighted by atomic mass is 10.3. The zero-order valence-electron chi connectivity index (χ0n) is 9.67. The number of nitrogen functional groups attached to an aromatic ring is 1. The highest BCUT2D eigenvalue weighted by Crippen LogP contribution is 2.25. The Bertz CT molecular complexity index is 679. The first kappa shape index (κ1) is 12.9. The molecule has 1 aromatic heterocycles. The fourth-order valence-electron chi connectivity index (χ4n) is 1.59. The molecule has 96 valence electrons. The fraction of sp³-hybridized carbons (Fsp3) is 0.182. The third-order valence-corrected chi connectivity index (χ3v) is 4.35. The summed E-state index contributed by atoms with van der Waals surface area (Å²) >= 11 is 5.79. The van der Waals surface area contributed by atoms with Crippen molar-refractivity contribution in [2.24, 2.45) is 7.05 Å². The molecule has 0 aliphatic heterocycles. The van der Waals surface area contributed by atoms with Crippen molar-refractivity contribution in [3.8, 4) is 0 Å². The van der Waals surface area contributed by atoms with E-state index in [2.05, 4.69) is 5.10 Å². The van der Waals surface area contributed by atoms with Gasteiger partial charge >= 0.3 is 0 Å². The van der Waals surface area contributed by atoms with Crippen LogP contribution in [0, 0.1) is 0 Å². The van der Waals surface area contributed by atoms with Gasteiger partial charge in [-0.2, -0.15) is 5.10 Å². The van der Waals surface area contributed by atoms with Crippen LogP contribution in [-0.2, 0) is 22.6 Å². The molecule has 1 aromatic carbocycles. The molecular formula is C11H12ClN3O2S. The van der Waals surface area contributed by atoms with E-state index in [9.17, 15) is 8.42 Å². The maximum Gasteiger partial charge on any atom is 0.186 e. The van der Waals surface area contributed by atoms with E-state index in [1.807, 2.05) is 0 Å². The van der Waals surface area contributed by atoms with E-state index in [0.717, 1.165) is 0 Å². The van der Waals surface area contributed by atoms with Gasteiger partial charge in [-0.25, -0.2) is 8.42 Å². The molecule has 0 fully saturated rings. The van der Waals surface area contributed by atoms with Crippen LogP contribution >= 0.6 is 11.6 Å².